The molecular formula is C19H20FN5O. The lowest BCUT2D eigenvalue weighted by Crippen LogP contribution is -2.37. The number of rotatable bonds is 2. The zero-order chi connectivity index (χ0) is 18.3. The van der Waals surface area contributed by atoms with Gasteiger partial charge in [-0.1, -0.05) is 6.07 Å². The molecule has 0 atom stereocenters. The van der Waals surface area contributed by atoms with Crippen LogP contribution in [-0.4, -0.2) is 46.1 Å². The number of hydrogen-bond acceptors (Lipinski definition) is 4. The van der Waals surface area contributed by atoms with E-state index in [0.29, 0.717) is 24.6 Å². The first-order valence-electron chi connectivity index (χ1n) is 8.58. The van der Waals surface area contributed by atoms with Crippen molar-refractivity contribution in [3.05, 3.63) is 47.6 Å². The normalized spacial score (nSPS) is 16.6. The van der Waals surface area contributed by atoms with Crippen LogP contribution in [0, 0.1) is 5.82 Å². The highest BCUT2D eigenvalue weighted by atomic mass is 19.1. The molecule has 0 spiro atoms. The van der Waals surface area contributed by atoms with Crippen molar-refractivity contribution in [1.82, 2.24) is 14.7 Å². The van der Waals surface area contributed by atoms with E-state index >= 15 is 0 Å². The molecule has 0 saturated heterocycles. The Morgan fingerprint density at radius 1 is 1.31 bits per heavy atom. The second kappa shape index (κ2) is 6.40. The average molecular weight is 353 g/mol. The van der Waals surface area contributed by atoms with Crippen molar-refractivity contribution < 1.29 is 9.18 Å². The van der Waals surface area contributed by atoms with Gasteiger partial charge in [-0.25, -0.2) is 4.39 Å². The van der Waals surface area contributed by atoms with Crippen LogP contribution in [0.2, 0.25) is 0 Å². The number of nitrogens with zero attached hydrogens (tertiary/aromatic N) is 4. The zero-order valence-electron chi connectivity index (χ0n) is 14.8. The summed E-state index contributed by atoms with van der Waals surface area (Å²) in [6, 6.07) is 5.06. The number of nitrogens with one attached hydrogen (secondary N) is 1. The summed E-state index contributed by atoms with van der Waals surface area (Å²) in [6.07, 6.45) is 4.38. The average Bonchev–Trinajstić information content (AvgIpc) is 3.22. The van der Waals surface area contributed by atoms with Gasteiger partial charge in [0.05, 0.1) is 18.4 Å². The number of aromatic nitrogens is 2. The number of aliphatic imine (C=N–C) groups is 1. The van der Waals surface area contributed by atoms with Gasteiger partial charge in [-0.2, -0.15) is 5.10 Å². The fourth-order valence-corrected chi connectivity index (χ4v) is 3.37. The van der Waals surface area contributed by atoms with Crippen molar-refractivity contribution in [1.29, 1.82) is 0 Å². The Kier molecular flexibility index (Phi) is 4.06. The van der Waals surface area contributed by atoms with E-state index in [9.17, 15) is 9.18 Å². The summed E-state index contributed by atoms with van der Waals surface area (Å²) in [4.78, 5) is 18.0. The summed E-state index contributed by atoms with van der Waals surface area (Å²) in [5.41, 5.74) is 4.27. The van der Waals surface area contributed by atoms with Gasteiger partial charge in [0, 0.05) is 44.4 Å². The Hall–Kier alpha value is -2.96. The van der Waals surface area contributed by atoms with E-state index in [1.807, 2.05) is 19.3 Å². The van der Waals surface area contributed by atoms with E-state index in [4.69, 9.17) is 0 Å². The summed E-state index contributed by atoms with van der Waals surface area (Å²) in [7, 11) is 1.83. The molecule has 1 aromatic carbocycles. The molecule has 2 aliphatic heterocycles. The van der Waals surface area contributed by atoms with Gasteiger partial charge in [0.15, 0.2) is 0 Å². The fraction of sp³-hybridized carbons (Fsp3) is 0.316. The van der Waals surface area contributed by atoms with Gasteiger partial charge < -0.3 is 10.2 Å². The lowest BCUT2D eigenvalue weighted by Gasteiger charge is -2.28. The van der Waals surface area contributed by atoms with Gasteiger partial charge in [-0.15, -0.1) is 0 Å². The topological polar surface area (TPSA) is 62.5 Å². The summed E-state index contributed by atoms with van der Waals surface area (Å²) in [5.74, 6) is 0.371. The number of aryl methyl sites for hydroxylation is 1. The highest BCUT2D eigenvalue weighted by Crippen LogP contribution is 2.28. The highest BCUT2D eigenvalue weighted by molar-refractivity contribution is 6.10. The van der Waals surface area contributed by atoms with E-state index in [2.05, 4.69) is 15.4 Å². The van der Waals surface area contributed by atoms with Gasteiger partial charge in [-0.05, 0) is 29.7 Å². The molecule has 0 bridgehead atoms. The van der Waals surface area contributed by atoms with Gasteiger partial charge in [0.1, 0.15) is 11.7 Å². The number of anilines is 1. The van der Waals surface area contributed by atoms with Gasteiger partial charge in [-0.3, -0.25) is 14.5 Å². The van der Waals surface area contributed by atoms with Gasteiger partial charge in [0.25, 0.3) is 0 Å². The van der Waals surface area contributed by atoms with Gasteiger partial charge >= 0.3 is 0 Å². The monoisotopic (exact) mass is 353 g/mol. The molecule has 0 aliphatic carbocycles. The van der Waals surface area contributed by atoms with Gasteiger partial charge in [0.2, 0.25) is 5.91 Å². The number of hydrogen-bond donors (Lipinski definition) is 1. The number of amidine groups is 1. The van der Waals surface area contributed by atoms with Crippen molar-refractivity contribution in [3.8, 4) is 11.1 Å². The van der Waals surface area contributed by atoms with Crippen LogP contribution < -0.4 is 5.32 Å². The third-order valence-corrected chi connectivity index (χ3v) is 4.88. The number of halogens is 1. The van der Waals surface area contributed by atoms with Crippen LogP contribution in [-0.2, 0) is 11.8 Å². The molecule has 4 rings (SSSR count). The lowest BCUT2D eigenvalue weighted by molar-refractivity contribution is -0.128. The fourth-order valence-electron chi connectivity index (χ4n) is 3.37. The van der Waals surface area contributed by atoms with Crippen molar-refractivity contribution in [2.24, 2.45) is 12.0 Å². The second-order valence-corrected chi connectivity index (χ2v) is 6.66. The predicted molar refractivity (Wildman–Crippen MR) is 98.4 cm³/mol. The Morgan fingerprint density at radius 3 is 2.85 bits per heavy atom. The van der Waals surface area contributed by atoms with Crippen molar-refractivity contribution >= 4 is 17.4 Å². The molecule has 0 unspecified atom stereocenters. The third kappa shape index (κ3) is 3.00. The van der Waals surface area contributed by atoms with Crippen LogP contribution in [0.5, 0.6) is 0 Å². The first kappa shape index (κ1) is 16.5. The first-order chi connectivity index (χ1) is 12.5. The predicted octanol–water partition coefficient (Wildman–Crippen LogP) is 2.60. The van der Waals surface area contributed by atoms with E-state index in [1.165, 1.54) is 11.6 Å². The third-order valence-electron chi connectivity index (χ3n) is 4.88. The van der Waals surface area contributed by atoms with Crippen molar-refractivity contribution in [2.45, 2.75) is 13.3 Å². The number of carbonyl (C=O) groups excluding carboxylic acids is 1. The van der Waals surface area contributed by atoms with Crippen LogP contribution in [0.3, 0.4) is 0 Å². The quantitative estimate of drug-likeness (QED) is 0.903. The Bertz CT molecular complexity index is 943. The summed E-state index contributed by atoms with van der Waals surface area (Å²) >= 11 is 0. The molecule has 0 saturated carbocycles. The minimum atomic E-state index is -0.345. The SMILES string of the molecule is CC(=O)N1CCC2=C(C1)C(Nc1ccc(-c3cnn(C)c3)cc1F)=NC2. The van der Waals surface area contributed by atoms with Crippen LogP contribution in [0.4, 0.5) is 10.1 Å². The molecule has 0 fully saturated rings. The summed E-state index contributed by atoms with van der Waals surface area (Å²) in [5, 5.41) is 7.23. The largest absolute Gasteiger partial charge is 0.338 e. The van der Waals surface area contributed by atoms with Crippen LogP contribution in [0.1, 0.15) is 13.3 Å². The van der Waals surface area contributed by atoms with E-state index in [1.54, 1.807) is 28.8 Å². The van der Waals surface area contributed by atoms with Crippen LogP contribution in [0.15, 0.2) is 46.7 Å². The number of benzene rings is 1. The Balaban J connectivity index is 1.54. The molecule has 2 aromatic rings. The summed E-state index contributed by atoms with van der Waals surface area (Å²) < 4.78 is 16.3. The zero-order valence-corrected chi connectivity index (χ0v) is 14.8. The molecule has 134 valence electrons. The van der Waals surface area contributed by atoms with Crippen molar-refractivity contribution in [3.63, 3.8) is 0 Å². The molecule has 7 heteroatoms. The second-order valence-electron chi connectivity index (χ2n) is 6.66. The molecule has 26 heavy (non-hydrogen) atoms. The molecule has 2 aliphatic rings. The molecule has 1 amide bonds. The maximum atomic E-state index is 14.6. The smallest absolute Gasteiger partial charge is 0.219 e. The maximum absolute atomic E-state index is 14.6. The minimum absolute atomic E-state index is 0.0507. The van der Waals surface area contributed by atoms with Crippen LogP contribution >= 0.6 is 0 Å². The van der Waals surface area contributed by atoms with Crippen molar-refractivity contribution in [2.75, 3.05) is 25.0 Å². The Morgan fingerprint density at radius 2 is 2.15 bits per heavy atom. The number of carbonyl (C=O) groups is 1. The minimum Gasteiger partial charge on any atom is -0.338 e. The summed E-state index contributed by atoms with van der Waals surface area (Å²) in [6.45, 7) is 3.46. The van der Waals surface area contributed by atoms with E-state index in [0.717, 1.165) is 29.7 Å². The molecule has 0 radical (unpaired) electrons. The number of amides is 1. The Labute approximate surface area is 151 Å². The lowest BCUT2D eigenvalue weighted by atomic mass is 10.0. The molecule has 6 nitrogen and oxygen atoms in total. The molecule has 1 N–H and O–H groups in total. The molecule has 1 aromatic heterocycles. The van der Waals surface area contributed by atoms with Crippen LogP contribution in [0.25, 0.3) is 11.1 Å². The molecular weight excluding hydrogens is 333 g/mol. The van der Waals surface area contributed by atoms with E-state index < -0.39 is 0 Å². The highest BCUT2D eigenvalue weighted by Gasteiger charge is 2.27. The first-order valence-corrected chi connectivity index (χ1v) is 8.58. The molecule has 3 heterocycles. The maximum Gasteiger partial charge on any atom is 0.219 e. The standard InChI is InChI=1S/C19H20FN5O/c1-12(26)25-6-5-14-8-21-19(16(14)11-25)23-18-4-3-13(7-17(18)20)15-9-22-24(2)10-15/h3-4,7,9-10H,5-6,8,11H2,1-2H3,(H,21,23). The van der Waals surface area contributed by atoms with E-state index in [-0.39, 0.29) is 11.7 Å².